The molecule has 0 spiro atoms. The molecule has 0 aliphatic carbocycles. The van der Waals surface area contributed by atoms with Gasteiger partial charge in [0.25, 0.3) is 0 Å². The van der Waals surface area contributed by atoms with E-state index in [1.54, 1.807) is 37.2 Å². The number of hydrogen-bond donors (Lipinski definition) is 2. The fourth-order valence-electron chi connectivity index (χ4n) is 4.86. The molecule has 0 saturated heterocycles. The van der Waals surface area contributed by atoms with Crippen molar-refractivity contribution in [1.29, 1.82) is 0 Å². The Morgan fingerprint density at radius 3 is 1.91 bits per heavy atom. The van der Waals surface area contributed by atoms with Gasteiger partial charge in [0.2, 0.25) is 0 Å². The maximum Gasteiger partial charge on any atom is 0.373 e. The molecular weight excluding hydrogens is 612 g/mol. The molecule has 4 aromatic rings. The minimum absolute atomic E-state index is 0.0526. The molecule has 0 amide bonds. The summed E-state index contributed by atoms with van der Waals surface area (Å²) in [5.41, 5.74) is 1.43. The third-order valence-corrected chi connectivity index (χ3v) is 7.11. The topological polar surface area (TPSA) is 206 Å². The Morgan fingerprint density at radius 1 is 0.787 bits per heavy atom. The molecule has 15 nitrogen and oxygen atoms in total. The first-order chi connectivity index (χ1) is 22.7. The molecule has 236 valence electrons. The summed E-state index contributed by atoms with van der Waals surface area (Å²) in [7, 11) is 3.14. The van der Waals surface area contributed by atoms with Crippen molar-refractivity contribution >= 4 is 29.3 Å². The Labute approximate surface area is 264 Å². The molecule has 2 N–H and O–H groups in total. The summed E-state index contributed by atoms with van der Waals surface area (Å²) in [4.78, 5) is 71.5. The number of carboxylic acids is 2. The zero-order valence-electron chi connectivity index (χ0n) is 24.8. The highest BCUT2D eigenvalue weighted by atomic mass is 16.5. The van der Waals surface area contributed by atoms with E-state index in [0.717, 1.165) is 11.1 Å². The van der Waals surface area contributed by atoms with Crippen molar-refractivity contribution in [2.24, 2.45) is 0 Å². The van der Waals surface area contributed by atoms with Crippen LogP contribution in [0, 0.1) is 0 Å². The van der Waals surface area contributed by atoms with Crippen molar-refractivity contribution in [1.82, 2.24) is 29.1 Å². The zero-order chi connectivity index (χ0) is 33.7. The molecule has 3 aromatic carbocycles. The van der Waals surface area contributed by atoms with Crippen molar-refractivity contribution in [3.8, 4) is 34.4 Å². The Bertz CT molecular complexity index is 2170. The van der Waals surface area contributed by atoms with Crippen LogP contribution in [0.3, 0.4) is 0 Å². The van der Waals surface area contributed by atoms with Crippen LogP contribution >= 0.6 is 0 Å². The highest BCUT2D eigenvalue weighted by Crippen LogP contribution is 2.29. The summed E-state index contributed by atoms with van der Waals surface area (Å²) in [6, 6.07) is 18.4. The smallest absolute Gasteiger partial charge is 0.373 e. The van der Waals surface area contributed by atoms with Crippen LogP contribution in [-0.2, 0) is 22.7 Å². The third-order valence-electron chi connectivity index (χ3n) is 7.11. The Balaban J connectivity index is 0.00000139. The molecule has 1 aromatic heterocycles. The number of benzene rings is 3. The number of aromatic nitrogens is 6. The second-order valence-corrected chi connectivity index (χ2v) is 9.89. The van der Waals surface area contributed by atoms with Gasteiger partial charge in [0.15, 0.2) is 17.3 Å². The van der Waals surface area contributed by atoms with Crippen LogP contribution in [0.5, 0.6) is 11.5 Å². The van der Waals surface area contributed by atoms with E-state index in [-0.39, 0.29) is 41.2 Å². The van der Waals surface area contributed by atoms with Crippen molar-refractivity contribution < 1.29 is 38.9 Å². The van der Waals surface area contributed by atoms with Gasteiger partial charge >= 0.3 is 23.8 Å². The minimum Gasteiger partial charge on any atom is -0.497 e. The number of nitrogens with zero attached hydrogens (tertiary/aromatic N) is 6. The maximum absolute atomic E-state index is 13.3. The molecule has 0 fully saturated rings. The first-order valence-corrected chi connectivity index (χ1v) is 13.7. The van der Waals surface area contributed by atoms with E-state index in [1.165, 1.54) is 22.8 Å². The standard InChI is InChI=1S/C31H24N6O7.CO2/c1-43-20-8-3-17(4-9-20)14-36-16-32-24-25-28(37(31(42)33-25)15-18-5-10-21(44-2)11-6-18)35-26(34-27(24)36)19-7-12-22(29(38)39)23(13-19)30(40)41;2-1-3/h3-13,16H,14-15H2,1-2H3,(H,38,39)(H,40,41);. The van der Waals surface area contributed by atoms with Gasteiger partial charge in [-0.3, -0.25) is 4.57 Å². The average Bonchev–Trinajstić information content (AvgIpc) is 3.54. The van der Waals surface area contributed by atoms with Gasteiger partial charge < -0.3 is 24.3 Å². The largest absolute Gasteiger partial charge is 0.497 e. The quantitative estimate of drug-likeness (QED) is 0.234. The van der Waals surface area contributed by atoms with Gasteiger partial charge in [0, 0.05) is 5.56 Å². The van der Waals surface area contributed by atoms with Crippen molar-refractivity contribution in [2.45, 2.75) is 13.1 Å². The van der Waals surface area contributed by atoms with E-state index in [9.17, 15) is 24.6 Å². The lowest BCUT2D eigenvalue weighted by molar-refractivity contribution is -0.191. The predicted octanol–water partition coefficient (Wildman–Crippen LogP) is 3.08. The molecule has 0 unspecified atom stereocenters. The SMILES string of the molecule is COc1ccc(Cn2c3nc(-c4ccc(C(=O)O)c(C(=O)O)c4)nc4c(ncn4Cc4ccc(OC)cc4)c-3nc2=O)cc1.O=C=O. The fourth-order valence-corrected chi connectivity index (χ4v) is 4.86. The highest BCUT2D eigenvalue weighted by Gasteiger charge is 2.25. The first kappa shape index (κ1) is 31.7. The number of fused-ring (bicyclic) bond motifs is 3. The first-order valence-electron chi connectivity index (χ1n) is 13.7. The molecule has 0 atom stereocenters. The van der Waals surface area contributed by atoms with E-state index in [2.05, 4.69) is 9.97 Å². The molecule has 47 heavy (non-hydrogen) atoms. The van der Waals surface area contributed by atoms with Gasteiger partial charge in [-0.2, -0.15) is 14.6 Å². The second kappa shape index (κ2) is 13.5. The van der Waals surface area contributed by atoms with Gasteiger partial charge in [-0.15, -0.1) is 0 Å². The third kappa shape index (κ3) is 6.55. The summed E-state index contributed by atoms with van der Waals surface area (Å²) < 4.78 is 13.6. The predicted molar refractivity (Wildman–Crippen MR) is 163 cm³/mol. The second-order valence-electron chi connectivity index (χ2n) is 9.89. The van der Waals surface area contributed by atoms with Crippen molar-refractivity contribution in [3.05, 3.63) is 106 Å². The van der Waals surface area contributed by atoms with E-state index in [1.807, 2.05) is 36.4 Å². The fraction of sp³-hybridized carbons (Fsp3) is 0.125. The summed E-state index contributed by atoms with van der Waals surface area (Å²) >= 11 is 0. The van der Waals surface area contributed by atoms with E-state index >= 15 is 0 Å². The lowest BCUT2D eigenvalue weighted by Gasteiger charge is -2.07. The average molecular weight is 637 g/mol. The van der Waals surface area contributed by atoms with Crippen LogP contribution < -0.4 is 15.2 Å². The van der Waals surface area contributed by atoms with Gasteiger partial charge in [-0.1, -0.05) is 30.3 Å². The van der Waals surface area contributed by atoms with Gasteiger partial charge in [-0.05, 0) is 47.5 Å². The number of aromatic carboxylic acids is 2. The van der Waals surface area contributed by atoms with Crippen LogP contribution in [0.25, 0.3) is 34.1 Å². The van der Waals surface area contributed by atoms with E-state index < -0.39 is 23.2 Å². The summed E-state index contributed by atoms with van der Waals surface area (Å²) in [5, 5.41) is 19.3. The van der Waals surface area contributed by atoms with Gasteiger partial charge in [0.05, 0.1) is 44.8 Å². The Morgan fingerprint density at radius 2 is 1.36 bits per heavy atom. The zero-order valence-corrected chi connectivity index (χ0v) is 24.8. The monoisotopic (exact) mass is 636 g/mol. The van der Waals surface area contributed by atoms with Crippen LogP contribution in [0.2, 0.25) is 0 Å². The van der Waals surface area contributed by atoms with Gasteiger partial charge in [0.1, 0.15) is 22.7 Å². The molecule has 0 radical (unpaired) electrons. The highest BCUT2D eigenvalue weighted by molar-refractivity contribution is 6.02. The summed E-state index contributed by atoms with van der Waals surface area (Å²) in [6.45, 7) is 0.482. The molecule has 3 heterocycles. The van der Waals surface area contributed by atoms with Gasteiger partial charge in [-0.25, -0.2) is 29.3 Å². The molecule has 0 saturated carbocycles. The van der Waals surface area contributed by atoms with Crippen molar-refractivity contribution in [3.63, 3.8) is 0 Å². The van der Waals surface area contributed by atoms with E-state index in [4.69, 9.17) is 29.0 Å². The number of carboxylic acid groups (broad SMARTS) is 2. The maximum atomic E-state index is 13.3. The number of imidazole rings is 2. The number of hydrogen-bond acceptors (Lipinski definition) is 11. The number of ether oxygens (including phenoxy) is 2. The molecule has 15 heteroatoms. The Hall–Kier alpha value is -6.73. The molecule has 0 bridgehead atoms. The molecular formula is C32H24N6O9. The van der Waals surface area contributed by atoms with Crippen LogP contribution in [0.4, 0.5) is 0 Å². The molecule has 2 aliphatic rings. The lowest BCUT2D eigenvalue weighted by atomic mass is 10.0. The van der Waals surface area contributed by atoms with Crippen LogP contribution in [0.1, 0.15) is 31.8 Å². The minimum atomic E-state index is -1.42. The lowest BCUT2D eigenvalue weighted by Crippen LogP contribution is -2.18. The Kier molecular flexibility index (Phi) is 9.10. The number of carbonyl (C=O) groups excluding carboxylic acids is 2. The van der Waals surface area contributed by atoms with Crippen molar-refractivity contribution in [2.75, 3.05) is 14.2 Å². The van der Waals surface area contributed by atoms with Crippen LogP contribution in [-0.4, -0.2) is 71.6 Å². The molecule has 2 aliphatic heterocycles. The number of carbonyl (C=O) groups is 2. The summed E-state index contributed by atoms with van der Waals surface area (Å²) in [6.07, 6.45) is 1.83. The van der Waals surface area contributed by atoms with Crippen LogP contribution in [0.15, 0.2) is 77.9 Å². The number of rotatable bonds is 9. The van der Waals surface area contributed by atoms with E-state index in [0.29, 0.717) is 29.2 Å². The normalized spacial score (nSPS) is 10.6. The molecule has 6 rings (SSSR count). The number of methoxy groups -OCH3 is 2. The summed E-state index contributed by atoms with van der Waals surface area (Å²) in [5.74, 6) is -1.22.